The molecular weight excluding hydrogens is 240 g/mol. The summed E-state index contributed by atoms with van der Waals surface area (Å²) in [5, 5.41) is 17.5. The standard InChI is InChI=1S/C9H6N6OS/c16-8(10-9-13-14-15-17-9)7-5-3-1-2-4-6(5)11-12-7/h1-4H,(H,11,12)(H,10,13,15,16). The molecule has 0 aliphatic heterocycles. The molecule has 0 aliphatic rings. The van der Waals surface area contributed by atoms with Crippen LogP contribution in [0.15, 0.2) is 24.3 Å². The average molecular weight is 246 g/mol. The van der Waals surface area contributed by atoms with E-state index in [0.717, 1.165) is 22.4 Å². The van der Waals surface area contributed by atoms with Crippen molar-refractivity contribution in [3.05, 3.63) is 30.0 Å². The summed E-state index contributed by atoms with van der Waals surface area (Å²) in [7, 11) is 0. The zero-order valence-electron chi connectivity index (χ0n) is 8.41. The van der Waals surface area contributed by atoms with Crippen molar-refractivity contribution in [3.63, 3.8) is 0 Å². The predicted octanol–water partition coefficient (Wildman–Crippen LogP) is 1.06. The quantitative estimate of drug-likeness (QED) is 0.704. The number of hydrogen-bond donors (Lipinski definition) is 2. The molecule has 0 radical (unpaired) electrons. The van der Waals surface area contributed by atoms with E-state index in [0.29, 0.717) is 10.8 Å². The van der Waals surface area contributed by atoms with E-state index < -0.39 is 0 Å². The van der Waals surface area contributed by atoms with E-state index in [4.69, 9.17) is 0 Å². The lowest BCUT2D eigenvalue weighted by atomic mass is 10.2. The minimum Gasteiger partial charge on any atom is -0.294 e. The van der Waals surface area contributed by atoms with Crippen LogP contribution in [0.3, 0.4) is 0 Å². The molecule has 84 valence electrons. The number of rotatable bonds is 2. The van der Waals surface area contributed by atoms with E-state index in [2.05, 4.69) is 30.3 Å². The van der Waals surface area contributed by atoms with Gasteiger partial charge in [0.15, 0.2) is 5.69 Å². The van der Waals surface area contributed by atoms with Crippen molar-refractivity contribution in [2.45, 2.75) is 0 Å². The lowest BCUT2D eigenvalue weighted by molar-refractivity contribution is 0.102. The summed E-state index contributed by atoms with van der Waals surface area (Å²) < 4.78 is 3.56. The minimum absolute atomic E-state index is 0.329. The first-order valence-corrected chi connectivity index (χ1v) is 5.51. The number of carbonyl (C=O) groups excluding carboxylic acids is 1. The van der Waals surface area contributed by atoms with Crippen LogP contribution in [0.1, 0.15) is 10.5 Å². The van der Waals surface area contributed by atoms with Gasteiger partial charge in [-0.05, 0) is 11.3 Å². The Hall–Kier alpha value is -2.35. The molecule has 0 fully saturated rings. The van der Waals surface area contributed by atoms with Gasteiger partial charge in [0.1, 0.15) is 0 Å². The van der Waals surface area contributed by atoms with Crippen molar-refractivity contribution in [1.82, 2.24) is 25.0 Å². The lowest BCUT2D eigenvalue weighted by Gasteiger charge is -1.96. The molecule has 3 aromatic rings. The first-order chi connectivity index (χ1) is 8.34. The fourth-order valence-electron chi connectivity index (χ4n) is 1.47. The third kappa shape index (κ3) is 1.74. The zero-order valence-corrected chi connectivity index (χ0v) is 9.23. The number of fused-ring (bicyclic) bond motifs is 1. The molecule has 0 bridgehead atoms. The number of hydrogen-bond acceptors (Lipinski definition) is 6. The molecule has 0 unspecified atom stereocenters. The van der Waals surface area contributed by atoms with E-state index in [-0.39, 0.29) is 5.91 Å². The number of para-hydroxylation sites is 1. The molecule has 0 saturated heterocycles. The van der Waals surface area contributed by atoms with E-state index in [1.54, 1.807) is 0 Å². The topological polar surface area (TPSA) is 96.5 Å². The number of benzene rings is 1. The van der Waals surface area contributed by atoms with Gasteiger partial charge in [-0.3, -0.25) is 15.2 Å². The number of nitrogens with zero attached hydrogens (tertiary/aromatic N) is 4. The summed E-state index contributed by atoms with van der Waals surface area (Å²) in [5.41, 5.74) is 1.14. The average Bonchev–Trinajstić information content (AvgIpc) is 2.96. The number of anilines is 1. The first-order valence-electron chi connectivity index (χ1n) is 4.74. The molecule has 0 saturated carbocycles. The van der Waals surface area contributed by atoms with E-state index in [1.807, 2.05) is 24.3 Å². The first kappa shape index (κ1) is 9.85. The third-order valence-electron chi connectivity index (χ3n) is 2.21. The Morgan fingerprint density at radius 2 is 2.24 bits per heavy atom. The molecule has 17 heavy (non-hydrogen) atoms. The van der Waals surface area contributed by atoms with Gasteiger partial charge < -0.3 is 0 Å². The summed E-state index contributed by atoms with van der Waals surface area (Å²) in [6.45, 7) is 0. The highest BCUT2D eigenvalue weighted by Crippen LogP contribution is 2.16. The Labute approximate surface area is 99.0 Å². The Kier molecular flexibility index (Phi) is 2.26. The van der Waals surface area contributed by atoms with Crippen molar-refractivity contribution in [2.75, 3.05) is 5.32 Å². The van der Waals surface area contributed by atoms with Crippen LogP contribution in [0.4, 0.5) is 5.13 Å². The SMILES string of the molecule is O=C(Nc1nnns1)c1n[nH]c2ccccc12. The molecule has 2 heterocycles. The second-order valence-electron chi connectivity index (χ2n) is 3.24. The summed E-state index contributed by atoms with van der Waals surface area (Å²) in [5.74, 6) is -0.332. The van der Waals surface area contributed by atoms with Crippen LogP contribution >= 0.6 is 11.5 Å². The molecule has 2 aromatic heterocycles. The second kappa shape index (κ2) is 3.91. The van der Waals surface area contributed by atoms with Crippen LogP contribution < -0.4 is 5.32 Å². The van der Waals surface area contributed by atoms with Crippen LogP contribution in [-0.2, 0) is 0 Å². The normalized spacial score (nSPS) is 10.6. The number of H-pyrrole nitrogens is 1. The summed E-state index contributed by atoms with van der Waals surface area (Å²) in [6.07, 6.45) is 0. The Morgan fingerprint density at radius 1 is 1.35 bits per heavy atom. The second-order valence-corrected chi connectivity index (χ2v) is 3.97. The summed E-state index contributed by atoms with van der Waals surface area (Å²) >= 11 is 1.01. The molecule has 0 atom stereocenters. The lowest BCUT2D eigenvalue weighted by Crippen LogP contribution is -2.12. The summed E-state index contributed by atoms with van der Waals surface area (Å²) in [6, 6.07) is 7.40. The molecule has 8 heteroatoms. The Balaban J connectivity index is 1.96. The van der Waals surface area contributed by atoms with Crippen LogP contribution in [-0.4, -0.2) is 30.9 Å². The largest absolute Gasteiger partial charge is 0.294 e. The highest BCUT2D eigenvalue weighted by atomic mass is 32.1. The number of aromatic amines is 1. The van der Waals surface area contributed by atoms with E-state index in [1.165, 1.54) is 0 Å². The molecule has 1 amide bonds. The van der Waals surface area contributed by atoms with Crippen molar-refractivity contribution in [2.24, 2.45) is 0 Å². The maximum atomic E-state index is 11.9. The molecule has 2 N–H and O–H groups in total. The van der Waals surface area contributed by atoms with Gasteiger partial charge >= 0.3 is 0 Å². The van der Waals surface area contributed by atoms with Crippen LogP contribution in [0.5, 0.6) is 0 Å². The number of amides is 1. The predicted molar refractivity (Wildman–Crippen MR) is 61.8 cm³/mol. The monoisotopic (exact) mass is 246 g/mol. The maximum absolute atomic E-state index is 11.9. The van der Waals surface area contributed by atoms with Crippen molar-refractivity contribution < 1.29 is 4.79 Å². The molecule has 0 spiro atoms. The Bertz CT molecular complexity index is 661. The molecular formula is C9H6N6OS. The van der Waals surface area contributed by atoms with Gasteiger partial charge in [-0.2, -0.15) is 5.10 Å². The maximum Gasteiger partial charge on any atom is 0.278 e. The van der Waals surface area contributed by atoms with Gasteiger partial charge in [0.25, 0.3) is 5.91 Å². The molecule has 0 aliphatic carbocycles. The minimum atomic E-state index is -0.332. The van der Waals surface area contributed by atoms with Gasteiger partial charge in [0.05, 0.1) is 5.52 Å². The fraction of sp³-hybridized carbons (Fsp3) is 0. The van der Waals surface area contributed by atoms with Gasteiger partial charge in [-0.1, -0.05) is 27.8 Å². The van der Waals surface area contributed by atoms with E-state index in [9.17, 15) is 4.79 Å². The molecule has 7 nitrogen and oxygen atoms in total. The fourth-order valence-corrected chi connectivity index (χ4v) is 1.84. The smallest absolute Gasteiger partial charge is 0.278 e. The number of carbonyl (C=O) groups is 1. The third-order valence-corrected chi connectivity index (χ3v) is 2.72. The zero-order chi connectivity index (χ0) is 11.7. The van der Waals surface area contributed by atoms with Crippen molar-refractivity contribution in [3.8, 4) is 0 Å². The Morgan fingerprint density at radius 3 is 3.06 bits per heavy atom. The van der Waals surface area contributed by atoms with Gasteiger partial charge in [0, 0.05) is 16.9 Å². The highest BCUT2D eigenvalue weighted by Gasteiger charge is 2.15. The van der Waals surface area contributed by atoms with Gasteiger partial charge in [0.2, 0.25) is 5.13 Å². The number of nitrogens with one attached hydrogen (secondary N) is 2. The van der Waals surface area contributed by atoms with Crippen LogP contribution in [0.2, 0.25) is 0 Å². The van der Waals surface area contributed by atoms with E-state index >= 15 is 0 Å². The van der Waals surface area contributed by atoms with Gasteiger partial charge in [-0.25, -0.2) is 0 Å². The van der Waals surface area contributed by atoms with Crippen molar-refractivity contribution >= 4 is 33.5 Å². The van der Waals surface area contributed by atoms with Crippen molar-refractivity contribution in [1.29, 1.82) is 0 Å². The van der Waals surface area contributed by atoms with Gasteiger partial charge in [-0.15, -0.1) is 0 Å². The van der Waals surface area contributed by atoms with Crippen LogP contribution in [0.25, 0.3) is 10.9 Å². The summed E-state index contributed by atoms with van der Waals surface area (Å²) in [4.78, 5) is 11.9. The molecule has 1 aromatic carbocycles. The number of aromatic nitrogens is 5. The highest BCUT2D eigenvalue weighted by molar-refractivity contribution is 7.09. The van der Waals surface area contributed by atoms with Crippen LogP contribution in [0, 0.1) is 0 Å². The molecule has 3 rings (SSSR count).